The zero-order valence-corrected chi connectivity index (χ0v) is 19.8. The van der Waals surface area contributed by atoms with Crippen molar-refractivity contribution in [1.29, 1.82) is 0 Å². The van der Waals surface area contributed by atoms with Crippen LogP contribution in [-0.4, -0.2) is 0 Å². The number of fused-ring (bicyclic) bond motifs is 6. The van der Waals surface area contributed by atoms with Crippen molar-refractivity contribution in [2.75, 3.05) is 4.90 Å². The number of para-hydroxylation sites is 5. The van der Waals surface area contributed by atoms with Gasteiger partial charge in [0.15, 0.2) is 11.5 Å². The lowest BCUT2D eigenvalue weighted by molar-refractivity contribution is 0.477. The third-order valence-electron chi connectivity index (χ3n) is 7.04. The van der Waals surface area contributed by atoms with E-state index in [2.05, 4.69) is 4.90 Å². The quantitative estimate of drug-likeness (QED) is 0.217. The molecule has 3 heterocycles. The maximum absolute atomic E-state index is 13.6. The Morgan fingerprint density at radius 1 is 0.474 bits per heavy atom. The molecule has 0 atom stereocenters. The fraction of sp³-hybridized carbons (Fsp3) is 0. The van der Waals surface area contributed by atoms with Gasteiger partial charge in [0, 0.05) is 6.07 Å². The molecule has 180 valence electrons. The second kappa shape index (κ2) is 7.57. The predicted octanol–water partition coefficient (Wildman–Crippen LogP) is 7.78. The fourth-order valence-corrected chi connectivity index (χ4v) is 5.26. The minimum atomic E-state index is -0.187. The number of nitrogens with zero attached hydrogens (tertiary/aromatic N) is 1. The van der Waals surface area contributed by atoms with Gasteiger partial charge < -0.3 is 18.5 Å². The number of rotatable bonds is 1. The summed E-state index contributed by atoms with van der Waals surface area (Å²) in [6.07, 6.45) is 0. The van der Waals surface area contributed by atoms with Gasteiger partial charge in [-0.2, -0.15) is 0 Å². The third-order valence-corrected chi connectivity index (χ3v) is 7.04. The lowest BCUT2D eigenvalue weighted by atomic mass is 10.1. The summed E-state index contributed by atoms with van der Waals surface area (Å²) in [6, 6.07) is 31.4. The normalized spacial score (nSPS) is 12.6. The molecule has 0 spiro atoms. The Morgan fingerprint density at radius 3 is 1.68 bits per heavy atom. The molecule has 0 aliphatic carbocycles. The van der Waals surface area contributed by atoms with Crippen molar-refractivity contribution in [2.24, 2.45) is 0 Å². The van der Waals surface area contributed by atoms with E-state index in [1.165, 1.54) is 0 Å². The largest absolute Gasteiger partial charge is 0.456 e. The first-order chi connectivity index (χ1) is 18.7. The molecule has 0 unspecified atom stereocenters. The van der Waals surface area contributed by atoms with E-state index in [1.54, 1.807) is 36.4 Å². The van der Waals surface area contributed by atoms with Crippen LogP contribution in [0, 0.1) is 0 Å². The van der Waals surface area contributed by atoms with Crippen molar-refractivity contribution in [3.63, 3.8) is 0 Å². The van der Waals surface area contributed by atoms with Gasteiger partial charge in [-0.1, -0.05) is 36.4 Å². The van der Waals surface area contributed by atoms with E-state index in [4.69, 9.17) is 13.6 Å². The lowest BCUT2D eigenvalue weighted by Gasteiger charge is -2.32. The Kier molecular flexibility index (Phi) is 4.14. The van der Waals surface area contributed by atoms with Crippen LogP contribution in [-0.2, 0) is 0 Å². The average molecular weight is 495 g/mol. The van der Waals surface area contributed by atoms with Gasteiger partial charge in [-0.25, -0.2) is 0 Å². The molecule has 6 heteroatoms. The van der Waals surface area contributed by atoms with Crippen LogP contribution >= 0.6 is 0 Å². The zero-order chi connectivity index (χ0) is 25.4. The van der Waals surface area contributed by atoms with Gasteiger partial charge in [0.25, 0.3) is 0 Å². The van der Waals surface area contributed by atoms with Crippen LogP contribution in [0.15, 0.2) is 122 Å². The van der Waals surface area contributed by atoms with Crippen LogP contribution in [0.25, 0.3) is 43.9 Å². The summed E-state index contributed by atoms with van der Waals surface area (Å²) in [6.45, 7) is 0. The minimum absolute atomic E-state index is 0.165. The summed E-state index contributed by atoms with van der Waals surface area (Å²) < 4.78 is 18.4. The van der Waals surface area contributed by atoms with Crippen LogP contribution < -0.4 is 20.5 Å². The lowest BCUT2D eigenvalue weighted by Crippen LogP contribution is -2.15. The van der Waals surface area contributed by atoms with Gasteiger partial charge in [0.05, 0.1) is 38.6 Å². The smallest absolute Gasteiger partial charge is 0.200 e. The molecule has 2 aromatic heterocycles. The molecular formula is C32H17NO5. The average Bonchev–Trinajstić information content (AvgIpc) is 2.95. The van der Waals surface area contributed by atoms with Crippen molar-refractivity contribution < 1.29 is 13.6 Å². The highest BCUT2D eigenvalue weighted by Crippen LogP contribution is 2.50. The highest BCUT2D eigenvalue weighted by molar-refractivity contribution is 6.01. The van der Waals surface area contributed by atoms with Crippen molar-refractivity contribution >= 4 is 60.9 Å². The molecule has 0 N–H and O–H groups in total. The first kappa shape index (κ1) is 20.8. The van der Waals surface area contributed by atoms with Crippen LogP contribution in [0.2, 0.25) is 0 Å². The molecule has 7 aromatic rings. The van der Waals surface area contributed by atoms with E-state index >= 15 is 0 Å². The van der Waals surface area contributed by atoms with Crippen molar-refractivity contribution in [1.82, 2.24) is 0 Å². The summed E-state index contributed by atoms with van der Waals surface area (Å²) in [5.41, 5.74) is 3.80. The maximum atomic E-state index is 13.6. The van der Waals surface area contributed by atoms with Gasteiger partial charge in [-0.15, -0.1) is 0 Å². The molecule has 0 fully saturated rings. The second-order valence-electron chi connectivity index (χ2n) is 9.26. The molecule has 1 aliphatic rings. The predicted molar refractivity (Wildman–Crippen MR) is 148 cm³/mol. The third kappa shape index (κ3) is 2.88. The highest BCUT2D eigenvalue weighted by Gasteiger charge is 2.26. The van der Waals surface area contributed by atoms with E-state index in [9.17, 15) is 9.59 Å². The summed E-state index contributed by atoms with van der Waals surface area (Å²) in [4.78, 5) is 28.8. The fourth-order valence-electron chi connectivity index (χ4n) is 5.26. The van der Waals surface area contributed by atoms with Crippen LogP contribution in [0.5, 0.6) is 11.5 Å². The van der Waals surface area contributed by atoms with Gasteiger partial charge in [0.1, 0.15) is 22.3 Å². The highest BCUT2D eigenvalue weighted by atomic mass is 16.5. The van der Waals surface area contributed by atoms with Crippen LogP contribution in [0.1, 0.15) is 0 Å². The second-order valence-corrected chi connectivity index (χ2v) is 9.26. The molecular weight excluding hydrogens is 478 g/mol. The van der Waals surface area contributed by atoms with E-state index in [1.807, 2.05) is 66.7 Å². The molecule has 6 nitrogen and oxygen atoms in total. The van der Waals surface area contributed by atoms with Gasteiger partial charge in [0.2, 0.25) is 10.9 Å². The molecule has 1 aliphatic heterocycles. The standard InChI is InChI=1S/C32H17NO5/c34-31-19-7-1-4-10-25(19)36-29-16-22-30(17-21(29)31)38-28-15-18(13-14-20(28)32(22)35)33-23-8-2-5-11-26(23)37-27-12-6-3-9-24(27)33/h1-17H. The molecule has 5 aromatic carbocycles. The molecule has 0 saturated heterocycles. The number of anilines is 3. The number of ether oxygens (including phenoxy) is 1. The molecule has 0 amide bonds. The van der Waals surface area contributed by atoms with Crippen LogP contribution in [0.4, 0.5) is 17.1 Å². The van der Waals surface area contributed by atoms with Gasteiger partial charge in [-0.3, -0.25) is 9.59 Å². The van der Waals surface area contributed by atoms with Crippen molar-refractivity contribution in [3.05, 3.63) is 124 Å². The Morgan fingerprint density at radius 2 is 1.00 bits per heavy atom. The Bertz CT molecular complexity index is 2180. The molecule has 0 radical (unpaired) electrons. The summed E-state index contributed by atoms with van der Waals surface area (Å²) >= 11 is 0. The minimum Gasteiger partial charge on any atom is -0.456 e. The van der Waals surface area contributed by atoms with Gasteiger partial charge in [-0.05, 0) is 60.7 Å². The van der Waals surface area contributed by atoms with E-state index < -0.39 is 0 Å². The van der Waals surface area contributed by atoms with Crippen molar-refractivity contribution in [2.45, 2.75) is 0 Å². The Hall–Kier alpha value is -5.36. The summed E-state index contributed by atoms with van der Waals surface area (Å²) in [5.74, 6) is 1.47. The zero-order valence-electron chi connectivity index (χ0n) is 19.8. The SMILES string of the molecule is O=c1c2ccccc2oc2cc3c(=O)c4ccc(N5c6ccccc6Oc6ccccc65)cc4oc3cc12. The molecule has 0 bridgehead atoms. The number of hydrogen-bond donors (Lipinski definition) is 0. The Labute approximate surface area is 214 Å². The number of benzene rings is 5. The van der Waals surface area contributed by atoms with Crippen molar-refractivity contribution in [3.8, 4) is 11.5 Å². The topological polar surface area (TPSA) is 72.9 Å². The first-order valence-electron chi connectivity index (χ1n) is 12.2. The van der Waals surface area contributed by atoms with Crippen LogP contribution in [0.3, 0.4) is 0 Å². The van der Waals surface area contributed by atoms with E-state index in [0.29, 0.717) is 43.9 Å². The molecule has 38 heavy (non-hydrogen) atoms. The van der Waals surface area contributed by atoms with Gasteiger partial charge >= 0.3 is 0 Å². The Balaban J connectivity index is 1.38. The number of hydrogen-bond acceptors (Lipinski definition) is 6. The van der Waals surface area contributed by atoms with E-state index in [0.717, 1.165) is 28.6 Å². The maximum Gasteiger partial charge on any atom is 0.200 e. The molecule has 8 rings (SSSR count). The summed E-state index contributed by atoms with van der Waals surface area (Å²) in [5, 5.41) is 1.65. The molecule has 0 saturated carbocycles. The van der Waals surface area contributed by atoms with E-state index in [-0.39, 0.29) is 10.9 Å². The monoisotopic (exact) mass is 495 g/mol. The first-order valence-corrected chi connectivity index (χ1v) is 12.2. The summed E-state index contributed by atoms with van der Waals surface area (Å²) in [7, 11) is 0.